The van der Waals surface area contributed by atoms with Gasteiger partial charge in [-0.2, -0.15) is 5.26 Å². The molecular weight excluding hydrogens is 274 g/mol. The maximum Gasteiger partial charge on any atom is 0.167 e. The minimum Gasteiger partial charge on any atom is -0.454 e. The number of nitriles is 1. The Balaban J connectivity index is 2.38. The van der Waals surface area contributed by atoms with Crippen LogP contribution in [0.5, 0.6) is 11.5 Å². The summed E-state index contributed by atoms with van der Waals surface area (Å²) in [6.45, 7) is 1.84. The third kappa shape index (κ3) is 3.36. The van der Waals surface area contributed by atoms with Gasteiger partial charge in [-0.05, 0) is 50.4 Å². The molecule has 0 aliphatic heterocycles. The molecule has 1 unspecified atom stereocenters. The Labute approximate surface area is 121 Å². The highest BCUT2D eigenvalue weighted by atomic mass is 19.1. The van der Waals surface area contributed by atoms with Gasteiger partial charge in [-0.3, -0.25) is 0 Å². The molecule has 0 fully saturated rings. The van der Waals surface area contributed by atoms with Crippen LogP contribution in [0.15, 0.2) is 36.4 Å². The molecule has 0 aliphatic carbocycles. The molecule has 2 rings (SSSR count). The lowest BCUT2D eigenvalue weighted by molar-refractivity contribution is 0.430. The first kappa shape index (κ1) is 14.9. The van der Waals surface area contributed by atoms with Gasteiger partial charge in [0.2, 0.25) is 0 Å². The number of benzene rings is 2. The summed E-state index contributed by atoms with van der Waals surface area (Å²) >= 11 is 0. The first-order valence-corrected chi connectivity index (χ1v) is 6.39. The molecule has 0 saturated heterocycles. The molecule has 3 nitrogen and oxygen atoms in total. The van der Waals surface area contributed by atoms with Gasteiger partial charge in [-0.1, -0.05) is 0 Å². The molecule has 21 heavy (non-hydrogen) atoms. The lowest BCUT2D eigenvalue weighted by Gasteiger charge is -2.16. The number of nitrogens with zero attached hydrogens (tertiary/aromatic N) is 1. The number of ether oxygens (including phenoxy) is 1. The van der Waals surface area contributed by atoms with Crippen molar-refractivity contribution in [1.82, 2.24) is 5.32 Å². The average Bonchev–Trinajstić information content (AvgIpc) is 2.49. The standard InChI is InChI=1S/C16H14F2N2O/c1-10(20-2)13-8-12(17)4-6-15(13)21-16-5-3-11(9-19)7-14(16)18/h3-8,10,20H,1-2H3. The molecule has 5 heteroatoms. The Bertz CT molecular complexity index is 695. The van der Waals surface area contributed by atoms with Crippen molar-refractivity contribution in [2.24, 2.45) is 0 Å². The van der Waals surface area contributed by atoms with Crippen molar-refractivity contribution in [2.75, 3.05) is 7.05 Å². The zero-order chi connectivity index (χ0) is 15.4. The van der Waals surface area contributed by atoms with Crippen molar-refractivity contribution < 1.29 is 13.5 Å². The number of halogens is 2. The minimum atomic E-state index is -0.638. The predicted molar refractivity (Wildman–Crippen MR) is 75.1 cm³/mol. The molecule has 1 N–H and O–H groups in total. The third-order valence-corrected chi connectivity index (χ3v) is 3.15. The second-order valence-corrected chi connectivity index (χ2v) is 4.55. The van der Waals surface area contributed by atoms with Crippen molar-refractivity contribution in [1.29, 1.82) is 5.26 Å². The van der Waals surface area contributed by atoms with Gasteiger partial charge in [-0.15, -0.1) is 0 Å². The van der Waals surface area contributed by atoms with E-state index in [1.807, 2.05) is 13.0 Å². The average molecular weight is 288 g/mol. The van der Waals surface area contributed by atoms with Crippen LogP contribution < -0.4 is 10.1 Å². The molecule has 0 radical (unpaired) electrons. The van der Waals surface area contributed by atoms with Crippen LogP contribution in [-0.2, 0) is 0 Å². The summed E-state index contributed by atoms with van der Waals surface area (Å²) in [5.41, 5.74) is 0.795. The van der Waals surface area contributed by atoms with Gasteiger partial charge in [-0.25, -0.2) is 8.78 Å². The van der Waals surface area contributed by atoms with Gasteiger partial charge in [0.15, 0.2) is 11.6 Å². The van der Waals surface area contributed by atoms with Crippen molar-refractivity contribution in [3.05, 3.63) is 59.2 Å². The molecule has 0 aliphatic rings. The van der Waals surface area contributed by atoms with Crippen molar-refractivity contribution >= 4 is 0 Å². The molecule has 2 aromatic carbocycles. The molecule has 2 aromatic rings. The molecule has 0 spiro atoms. The zero-order valence-corrected chi connectivity index (χ0v) is 11.7. The van der Waals surface area contributed by atoms with Crippen LogP contribution >= 0.6 is 0 Å². The predicted octanol–water partition coefficient (Wildman–Crippen LogP) is 3.91. The second kappa shape index (κ2) is 6.33. The van der Waals surface area contributed by atoms with Gasteiger partial charge < -0.3 is 10.1 Å². The van der Waals surface area contributed by atoms with Crippen LogP contribution in [0.2, 0.25) is 0 Å². The number of hydrogen-bond acceptors (Lipinski definition) is 3. The van der Waals surface area contributed by atoms with Crippen LogP contribution in [0.3, 0.4) is 0 Å². The first-order valence-electron chi connectivity index (χ1n) is 6.39. The summed E-state index contributed by atoms with van der Waals surface area (Å²) < 4.78 is 32.7. The summed E-state index contributed by atoms with van der Waals surface area (Å²) in [5, 5.41) is 11.7. The summed E-state index contributed by atoms with van der Waals surface area (Å²) in [4.78, 5) is 0. The number of nitrogens with one attached hydrogen (secondary N) is 1. The van der Waals surface area contributed by atoms with Crippen LogP contribution in [0.1, 0.15) is 24.1 Å². The van der Waals surface area contributed by atoms with Crippen LogP contribution in [-0.4, -0.2) is 7.05 Å². The highest BCUT2D eigenvalue weighted by Gasteiger charge is 2.14. The molecule has 108 valence electrons. The topological polar surface area (TPSA) is 45.0 Å². The fourth-order valence-electron chi connectivity index (χ4n) is 1.88. The maximum atomic E-state index is 13.9. The van der Waals surface area contributed by atoms with E-state index >= 15 is 0 Å². The van der Waals surface area contributed by atoms with Crippen LogP contribution in [0.4, 0.5) is 8.78 Å². The lowest BCUT2D eigenvalue weighted by atomic mass is 10.1. The van der Waals surface area contributed by atoms with E-state index in [2.05, 4.69) is 5.32 Å². The zero-order valence-electron chi connectivity index (χ0n) is 11.7. The first-order chi connectivity index (χ1) is 10.0. The second-order valence-electron chi connectivity index (χ2n) is 4.55. The molecular formula is C16H14F2N2O. The van der Waals surface area contributed by atoms with Gasteiger partial charge in [0.1, 0.15) is 11.6 Å². The molecule has 0 heterocycles. The number of rotatable bonds is 4. The highest BCUT2D eigenvalue weighted by Crippen LogP contribution is 2.31. The molecule has 0 aromatic heterocycles. The Kier molecular flexibility index (Phi) is 4.51. The van der Waals surface area contributed by atoms with Crippen molar-refractivity contribution in [3.63, 3.8) is 0 Å². The monoisotopic (exact) mass is 288 g/mol. The fraction of sp³-hybridized carbons (Fsp3) is 0.188. The quantitative estimate of drug-likeness (QED) is 0.927. The van der Waals surface area contributed by atoms with Gasteiger partial charge in [0.25, 0.3) is 0 Å². The Hall–Kier alpha value is -2.45. The summed E-state index contributed by atoms with van der Waals surface area (Å²) in [6.07, 6.45) is 0. The number of hydrogen-bond donors (Lipinski definition) is 1. The van der Waals surface area contributed by atoms with E-state index in [4.69, 9.17) is 10.00 Å². The van der Waals surface area contributed by atoms with E-state index in [1.165, 1.54) is 30.3 Å². The maximum absolute atomic E-state index is 13.9. The van der Waals surface area contributed by atoms with E-state index in [0.29, 0.717) is 11.3 Å². The van der Waals surface area contributed by atoms with E-state index < -0.39 is 5.82 Å². The molecule has 1 atom stereocenters. The summed E-state index contributed by atoms with van der Waals surface area (Å²) in [6, 6.07) is 9.69. The van der Waals surface area contributed by atoms with E-state index in [1.54, 1.807) is 7.05 Å². The Morgan fingerprint density at radius 3 is 2.48 bits per heavy atom. The Morgan fingerprint density at radius 1 is 1.14 bits per heavy atom. The van der Waals surface area contributed by atoms with Gasteiger partial charge in [0.05, 0.1) is 11.6 Å². The van der Waals surface area contributed by atoms with E-state index in [-0.39, 0.29) is 23.2 Å². The highest BCUT2D eigenvalue weighted by molar-refractivity contribution is 5.42. The minimum absolute atomic E-state index is 0.00911. The van der Waals surface area contributed by atoms with Crippen LogP contribution in [0.25, 0.3) is 0 Å². The smallest absolute Gasteiger partial charge is 0.167 e. The Morgan fingerprint density at radius 2 is 1.86 bits per heavy atom. The van der Waals surface area contributed by atoms with Gasteiger partial charge >= 0.3 is 0 Å². The van der Waals surface area contributed by atoms with Crippen molar-refractivity contribution in [3.8, 4) is 17.6 Å². The normalized spacial score (nSPS) is 11.8. The largest absolute Gasteiger partial charge is 0.454 e. The summed E-state index contributed by atoms with van der Waals surface area (Å²) in [7, 11) is 1.74. The van der Waals surface area contributed by atoms with E-state index in [9.17, 15) is 8.78 Å². The van der Waals surface area contributed by atoms with E-state index in [0.717, 1.165) is 6.07 Å². The summed E-state index contributed by atoms with van der Waals surface area (Å²) in [5.74, 6) is -0.673. The SMILES string of the molecule is CNC(C)c1cc(F)ccc1Oc1ccc(C#N)cc1F. The third-order valence-electron chi connectivity index (χ3n) is 3.15. The lowest BCUT2D eigenvalue weighted by Crippen LogP contribution is -2.13. The molecule has 0 saturated carbocycles. The fourth-order valence-corrected chi connectivity index (χ4v) is 1.88. The molecule has 0 bridgehead atoms. The van der Waals surface area contributed by atoms with Crippen molar-refractivity contribution in [2.45, 2.75) is 13.0 Å². The van der Waals surface area contributed by atoms with Crippen LogP contribution in [0, 0.1) is 23.0 Å². The molecule has 0 amide bonds. The van der Waals surface area contributed by atoms with Gasteiger partial charge in [0, 0.05) is 11.6 Å².